The van der Waals surface area contributed by atoms with Crippen molar-refractivity contribution in [1.29, 1.82) is 0 Å². The van der Waals surface area contributed by atoms with Gasteiger partial charge in [-0.1, -0.05) is 96.1 Å². The lowest BCUT2D eigenvalue weighted by molar-refractivity contribution is -0.140. The standard InChI is InChI=1S/C23H44O2/c1-3-4-5-6-7-8-9-10-11-12-13-14-15-16-17-18-19-20-21-22-23(24)25-2/h7-8H,3-6,9-22H2,1-2H3. The maximum atomic E-state index is 11.0. The Bertz CT molecular complexity index is 296. The largest absolute Gasteiger partial charge is 0.469 e. The first-order chi connectivity index (χ1) is 12.3. The average molecular weight is 353 g/mol. The summed E-state index contributed by atoms with van der Waals surface area (Å²) in [7, 11) is 1.47. The van der Waals surface area contributed by atoms with Crippen LogP contribution in [0.15, 0.2) is 12.2 Å². The van der Waals surface area contributed by atoms with Gasteiger partial charge in [-0.25, -0.2) is 0 Å². The number of unbranched alkanes of at least 4 members (excludes halogenated alkanes) is 15. The van der Waals surface area contributed by atoms with Gasteiger partial charge in [0.1, 0.15) is 0 Å². The van der Waals surface area contributed by atoms with E-state index in [1.807, 2.05) is 0 Å². The molecule has 0 aliphatic heterocycles. The van der Waals surface area contributed by atoms with E-state index in [9.17, 15) is 4.79 Å². The van der Waals surface area contributed by atoms with Gasteiger partial charge in [0.25, 0.3) is 0 Å². The Labute approximate surface area is 157 Å². The second-order valence-electron chi connectivity index (χ2n) is 7.32. The monoisotopic (exact) mass is 352 g/mol. The van der Waals surface area contributed by atoms with Crippen LogP contribution < -0.4 is 0 Å². The third-order valence-electron chi connectivity index (χ3n) is 4.87. The molecule has 0 saturated heterocycles. The third kappa shape index (κ3) is 21.2. The van der Waals surface area contributed by atoms with E-state index in [0.717, 1.165) is 6.42 Å². The summed E-state index contributed by atoms with van der Waals surface area (Å²) in [6.45, 7) is 2.26. The fourth-order valence-corrected chi connectivity index (χ4v) is 3.15. The molecule has 0 aliphatic carbocycles. The smallest absolute Gasteiger partial charge is 0.305 e. The first-order valence-electron chi connectivity index (χ1n) is 11.0. The number of ether oxygens (including phenoxy) is 1. The minimum absolute atomic E-state index is 0.0667. The summed E-state index contributed by atoms with van der Waals surface area (Å²) in [6.07, 6.45) is 27.9. The quantitative estimate of drug-likeness (QED) is 0.135. The molecule has 0 unspecified atom stereocenters. The number of esters is 1. The van der Waals surface area contributed by atoms with Gasteiger partial charge in [0, 0.05) is 6.42 Å². The zero-order chi connectivity index (χ0) is 18.4. The van der Waals surface area contributed by atoms with Crippen molar-refractivity contribution in [2.24, 2.45) is 0 Å². The highest BCUT2D eigenvalue weighted by atomic mass is 16.5. The summed E-state index contributed by atoms with van der Waals surface area (Å²) in [6, 6.07) is 0. The summed E-state index contributed by atoms with van der Waals surface area (Å²) in [5.41, 5.74) is 0. The summed E-state index contributed by atoms with van der Waals surface area (Å²) in [5.74, 6) is -0.0667. The van der Waals surface area contributed by atoms with Crippen LogP contribution in [-0.2, 0) is 9.53 Å². The van der Waals surface area contributed by atoms with E-state index < -0.39 is 0 Å². The van der Waals surface area contributed by atoms with Crippen LogP contribution in [0.1, 0.15) is 122 Å². The Morgan fingerprint density at radius 2 is 1.04 bits per heavy atom. The molecule has 2 nitrogen and oxygen atoms in total. The predicted octanol–water partition coefficient (Wildman–Crippen LogP) is 7.76. The summed E-state index contributed by atoms with van der Waals surface area (Å²) in [5, 5.41) is 0. The number of allylic oxidation sites excluding steroid dienone is 2. The van der Waals surface area contributed by atoms with E-state index in [1.54, 1.807) is 0 Å². The molecule has 2 heteroatoms. The zero-order valence-corrected chi connectivity index (χ0v) is 17.2. The van der Waals surface area contributed by atoms with Gasteiger partial charge in [-0.15, -0.1) is 0 Å². The topological polar surface area (TPSA) is 26.3 Å². The SMILES string of the molecule is CCCCCC=CCCCCCCCCCCCCCCC(=O)OC. The van der Waals surface area contributed by atoms with Crippen molar-refractivity contribution < 1.29 is 9.53 Å². The van der Waals surface area contributed by atoms with E-state index >= 15 is 0 Å². The minimum atomic E-state index is -0.0667. The molecule has 0 fully saturated rings. The lowest BCUT2D eigenvalue weighted by Crippen LogP contribution is -1.99. The first kappa shape index (κ1) is 24.2. The van der Waals surface area contributed by atoms with Crippen LogP contribution in [-0.4, -0.2) is 13.1 Å². The Morgan fingerprint density at radius 3 is 1.48 bits per heavy atom. The van der Waals surface area contributed by atoms with E-state index in [4.69, 9.17) is 0 Å². The molecule has 0 aromatic carbocycles. The van der Waals surface area contributed by atoms with Crippen molar-refractivity contribution in [3.05, 3.63) is 12.2 Å². The molecular weight excluding hydrogens is 308 g/mol. The van der Waals surface area contributed by atoms with Gasteiger partial charge in [0.15, 0.2) is 0 Å². The van der Waals surface area contributed by atoms with Crippen LogP contribution in [0, 0.1) is 0 Å². The molecule has 0 aromatic heterocycles. The van der Waals surface area contributed by atoms with E-state index in [-0.39, 0.29) is 5.97 Å². The average Bonchev–Trinajstić information content (AvgIpc) is 2.63. The lowest BCUT2D eigenvalue weighted by Gasteiger charge is -2.03. The molecule has 148 valence electrons. The van der Waals surface area contributed by atoms with Gasteiger partial charge in [-0.2, -0.15) is 0 Å². The van der Waals surface area contributed by atoms with Crippen molar-refractivity contribution >= 4 is 5.97 Å². The molecule has 0 spiro atoms. The molecule has 0 atom stereocenters. The number of carbonyl (C=O) groups is 1. The van der Waals surface area contributed by atoms with Gasteiger partial charge < -0.3 is 4.74 Å². The van der Waals surface area contributed by atoms with Gasteiger partial charge in [-0.3, -0.25) is 4.79 Å². The number of carbonyl (C=O) groups excluding carboxylic acids is 1. The molecule has 0 saturated carbocycles. The number of rotatable bonds is 19. The maximum absolute atomic E-state index is 11.0. The summed E-state index contributed by atoms with van der Waals surface area (Å²) in [4.78, 5) is 11.0. The van der Waals surface area contributed by atoms with Crippen LogP contribution in [0.25, 0.3) is 0 Å². The molecule has 0 bridgehead atoms. The lowest BCUT2D eigenvalue weighted by atomic mass is 10.0. The highest BCUT2D eigenvalue weighted by Crippen LogP contribution is 2.13. The minimum Gasteiger partial charge on any atom is -0.469 e. The number of hydrogen-bond donors (Lipinski definition) is 0. The number of hydrogen-bond acceptors (Lipinski definition) is 2. The molecule has 0 radical (unpaired) electrons. The van der Waals surface area contributed by atoms with Gasteiger partial charge in [0.05, 0.1) is 7.11 Å². The highest BCUT2D eigenvalue weighted by molar-refractivity contribution is 5.68. The molecular formula is C23H44O2. The summed E-state index contributed by atoms with van der Waals surface area (Å²) < 4.78 is 4.65. The highest BCUT2D eigenvalue weighted by Gasteiger charge is 1.99. The van der Waals surface area contributed by atoms with Crippen LogP contribution in [0.3, 0.4) is 0 Å². The van der Waals surface area contributed by atoms with Crippen molar-refractivity contribution in [2.45, 2.75) is 122 Å². The first-order valence-corrected chi connectivity index (χ1v) is 11.0. The van der Waals surface area contributed by atoms with Crippen LogP contribution >= 0.6 is 0 Å². The van der Waals surface area contributed by atoms with Crippen LogP contribution in [0.2, 0.25) is 0 Å². The van der Waals surface area contributed by atoms with Crippen molar-refractivity contribution in [3.8, 4) is 0 Å². The predicted molar refractivity (Wildman–Crippen MR) is 110 cm³/mol. The summed E-state index contributed by atoms with van der Waals surface area (Å²) >= 11 is 0. The van der Waals surface area contributed by atoms with Gasteiger partial charge >= 0.3 is 5.97 Å². The second-order valence-corrected chi connectivity index (χ2v) is 7.32. The molecule has 0 amide bonds. The van der Waals surface area contributed by atoms with Gasteiger partial charge in [-0.05, 0) is 32.1 Å². The molecule has 25 heavy (non-hydrogen) atoms. The molecule has 0 rings (SSSR count). The van der Waals surface area contributed by atoms with Crippen molar-refractivity contribution in [1.82, 2.24) is 0 Å². The Balaban J connectivity index is 3.06. The Hall–Kier alpha value is -0.790. The third-order valence-corrected chi connectivity index (χ3v) is 4.87. The Morgan fingerprint density at radius 1 is 0.640 bits per heavy atom. The second kappa shape index (κ2) is 21.3. The Kier molecular flexibility index (Phi) is 20.6. The number of methoxy groups -OCH3 is 1. The van der Waals surface area contributed by atoms with Gasteiger partial charge in [0.2, 0.25) is 0 Å². The molecule has 0 heterocycles. The normalized spacial score (nSPS) is 11.3. The van der Waals surface area contributed by atoms with E-state index in [1.165, 1.54) is 110 Å². The van der Waals surface area contributed by atoms with Crippen LogP contribution in [0.4, 0.5) is 0 Å². The van der Waals surface area contributed by atoms with Crippen molar-refractivity contribution in [2.75, 3.05) is 7.11 Å². The zero-order valence-electron chi connectivity index (χ0n) is 17.2. The molecule has 0 N–H and O–H groups in total. The molecule has 0 aliphatic rings. The van der Waals surface area contributed by atoms with E-state index in [0.29, 0.717) is 6.42 Å². The van der Waals surface area contributed by atoms with Crippen molar-refractivity contribution in [3.63, 3.8) is 0 Å². The fraction of sp³-hybridized carbons (Fsp3) is 0.870. The van der Waals surface area contributed by atoms with E-state index in [2.05, 4.69) is 23.8 Å². The fourth-order valence-electron chi connectivity index (χ4n) is 3.15. The maximum Gasteiger partial charge on any atom is 0.305 e. The van der Waals surface area contributed by atoms with Crippen LogP contribution in [0.5, 0.6) is 0 Å². The molecule has 0 aromatic rings.